The van der Waals surface area contributed by atoms with Crippen molar-refractivity contribution in [2.75, 3.05) is 6.54 Å². The normalized spacial score (nSPS) is 13.2. The summed E-state index contributed by atoms with van der Waals surface area (Å²) in [7, 11) is 0. The van der Waals surface area contributed by atoms with Crippen LogP contribution >= 0.6 is 12.4 Å². The molecule has 0 heterocycles. The monoisotopic (exact) mass is 336 g/mol. The van der Waals surface area contributed by atoms with Gasteiger partial charge in [0.2, 0.25) is 0 Å². The number of hydrogen-bond donors (Lipinski definition) is 2. The Bertz CT molecular complexity index is 487. The fraction of sp³-hybridized carbons (Fsp3) is 0.533. The Hall–Kier alpha value is -1.40. The van der Waals surface area contributed by atoms with Crippen LogP contribution in [0, 0.1) is 17.6 Å². The Balaban J connectivity index is 0.00000441. The number of amides is 1. The highest BCUT2D eigenvalue weighted by atomic mass is 35.5. The smallest absolute Gasteiger partial charge is 0.261 e. The second-order valence-corrected chi connectivity index (χ2v) is 5.41. The van der Waals surface area contributed by atoms with E-state index in [4.69, 9.17) is 10.5 Å². The van der Waals surface area contributed by atoms with Crippen LogP contribution in [0.3, 0.4) is 0 Å². The van der Waals surface area contributed by atoms with E-state index in [0.29, 0.717) is 12.5 Å². The number of nitrogens with two attached hydrogens (primary N) is 1. The SMILES string of the molecule is CC(C)CC(CN)NC(=O)C(C)Oc1ccc(F)c(F)c1.Cl. The first kappa shape index (κ1) is 20.6. The molecule has 3 N–H and O–H groups in total. The number of benzene rings is 1. The van der Waals surface area contributed by atoms with Crippen LogP contribution in [0.1, 0.15) is 27.2 Å². The van der Waals surface area contributed by atoms with Gasteiger partial charge in [0.1, 0.15) is 5.75 Å². The molecule has 0 radical (unpaired) electrons. The molecule has 0 aliphatic rings. The lowest BCUT2D eigenvalue weighted by Gasteiger charge is -2.21. The van der Waals surface area contributed by atoms with Gasteiger partial charge in [0.05, 0.1) is 0 Å². The molecule has 1 amide bonds. The van der Waals surface area contributed by atoms with Crippen LogP contribution in [0.25, 0.3) is 0 Å². The summed E-state index contributed by atoms with van der Waals surface area (Å²) >= 11 is 0. The number of carbonyl (C=O) groups is 1. The summed E-state index contributed by atoms with van der Waals surface area (Å²) in [6, 6.07) is 3.01. The van der Waals surface area contributed by atoms with Crippen LogP contribution in [-0.2, 0) is 4.79 Å². The standard InChI is InChI=1S/C15H22F2N2O2.ClH/c1-9(2)6-11(8-18)19-15(20)10(3)21-12-4-5-13(16)14(17)7-12;/h4-5,7,9-11H,6,8,18H2,1-3H3,(H,19,20);1H. The molecule has 0 aromatic heterocycles. The largest absolute Gasteiger partial charge is 0.481 e. The van der Waals surface area contributed by atoms with Crippen molar-refractivity contribution in [1.29, 1.82) is 0 Å². The molecule has 0 spiro atoms. The van der Waals surface area contributed by atoms with Crippen molar-refractivity contribution >= 4 is 18.3 Å². The van der Waals surface area contributed by atoms with E-state index in [1.807, 2.05) is 13.8 Å². The minimum atomic E-state index is -1.01. The number of ether oxygens (including phenoxy) is 1. The second kappa shape index (κ2) is 9.58. The molecule has 4 nitrogen and oxygen atoms in total. The van der Waals surface area contributed by atoms with Crippen LogP contribution in [0.2, 0.25) is 0 Å². The number of rotatable bonds is 7. The molecule has 0 saturated heterocycles. The molecule has 0 aliphatic heterocycles. The molecule has 0 saturated carbocycles. The van der Waals surface area contributed by atoms with Gasteiger partial charge in [-0.25, -0.2) is 8.78 Å². The number of carbonyl (C=O) groups excluding carboxylic acids is 1. The molecule has 1 aromatic carbocycles. The Morgan fingerprint density at radius 1 is 1.27 bits per heavy atom. The Morgan fingerprint density at radius 2 is 1.91 bits per heavy atom. The zero-order valence-corrected chi connectivity index (χ0v) is 13.8. The van der Waals surface area contributed by atoms with Gasteiger partial charge in [0.15, 0.2) is 17.7 Å². The molecule has 7 heteroatoms. The van der Waals surface area contributed by atoms with Gasteiger partial charge in [0, 0.05) is 18.7 Å². The predicted octanol–water partition coefficient (Wildman–Crippen LogP) is 2.64. The molecular formula is C15H23ClF2N2O2. The summed E-state index contributed by atoms with van der Waals surface area (Å²) in [5, 5.41) is 2.79. The van der Waals surface area contributed by atoms with E-state index in [9.17, 15) is 13.6 Å². The maximum Gasteiger partial charge on any atom is 0.261 e. The van der Waals surface area contributed by atoms with Crippen molar-refractivity contribution in [3.05, 3.63) is 29.8 Å². The van der Waals surface area contributed by atoms with Gasteiger partial charge in [-0.2, -0.15) is 0 Å². The van der Waals surface area contributed by atoms with Crippen LogP contribution in [0.5, 0.6) is 5.75 Å². The zero-order valence-electron chi connectivity index (χ0n) is 12.9. The van der Waals surface area contributed by atoms with Gasteiger partial charge in [0.25, 0.3) is 5.91 Å². The highest BCUT2D eigenvalue weighted by molar-refractivity contribution is 5.85. The van der Waals surface area contributed by atoms with E-state index in [-0.39, 0.29) is 30.1 Å². The summed E-state index contributed by atoms with van der Waals surface area (Å²) in [6.07, 6.45) is -0.0591. The Kier molecular flexibility index (Phi) is 8.97. The fourth-order valence-electron chi connectivity index (χ4n) is 1.91. The van der Waals surface area contributed by atoms with Gasteiger partial charge >= 0.3 is 0 Å². The average molecular weight is 337 g/mol. The maximum absolute atomic E-state index is 13.1. The topological polar surface area (TPSA) is 64.3 Å². The fourth-order valence-corrected chi connectivity index (χ4v) is 1.91. The molecule has 2 atom stereocenters. The van der Waals surface area contributed by atoms with Crippen LogP contribution in [-0.4, -0.2) is 24.6 Å². The van der Waals surface area contributed by atoms with E-state index in [2.05, 4.69) is 5.32 Å². The molecular weight excluding hydrogens is 314 g/mol. The van der Waals surface area contributed by atoms with Crippen LogP contribution < -0.4 is 15.8 Å². The molecule has 22 heavy (non-hydrogen) atoms. The zero-order chi connectivity index (χ0) is 16.0. The number of nitrogens with one attached hydrogen (secondary N) is 1. The summed E-state index contributed by atoms with van der Waals surface area (Å²) in [6.45, 7) is 5.95. The first-order valence-corrected chi connectivity index (χ1v) is 6.95. The van der Waals surface area contributed by atoms with Crippen molar-refractivity contribution < 1.29 is 18.3 Å². The van der Waals surface area contributed by atoms with Crippen molar-refractivity contribution in [2.45, 2.75) is 39.3 Å². The lowest BCUT2D eigenvalue weighted by atomic mass is 10.0. The number of hydrogen-bond acceptors (Lipinski definition) is 3. The molecule has 1 aromatic rings. The summed E-state index contributed by atoms with van der Waals surface area (Å²) in [5.41, 5.74) is 5.61. The Labute approximate surface area is 135 Å². The lowest BCUT2D eigenvalue weighted by molar-refractivity contribution is -0.128. The summed E-state index contributed by atoms with van der Waals surface area (Å²) < 4.78 is 31.2. The first-order chi connectivity index (χ1) is 9.83. The first-order valence-electron chi connectivity index (χ1n) is 6.95. The maximum atomic E-state index is 13.1. The van der Waals surface area contributed by atoms with E-state index >= 15 is 0 Å². The third-order valence-electron chi connectivity index (χ3n) is 2.96. The second-order valence-electron chi connectivity index (χ2n) is 5.41. The minimum Gasteiger partial charge on any atom is -0.481 e. The highest BCUT2D eigenvalue weighted by Gasteiger charge is 2.19. The van der Waals surface area contributed by atoms with Crippen molar-refractivity contribution in [1.82, 2.24) is 5.32 Å². The van der Waals surface area contributed by atoms with Crippen molar-refractivity contribution in [3.8, 4) is 5.75 Å². The molecule has 0 aliphatic carbocycles. The molecule has 1 rings (SSSR count). The van der Waals surface area contributed by atoms with E-state index < -0.39 is 17.7 Å². The molecule has 0 bridgehead atoms. The van der Waals surface area contributed by atoms with Crippen LogP contribution in [0.4, 0.5) is 8.78 Å². The molecule has 2 unspecified atom stereocenters. The third-order valence-corrected chi connectivity index (χ3v) is 2.96. The van der Waals surface area contributed by atoms with Gasteiger partial charge in [-0.3, -0.25) is 4.79 Å². The lowest BCUT2D eigenvalue weighted by Crippen LogP contribution is -2.46. The van der Waals surface area contributed by atoms with Gasteiger partial charge in [-0.1, -0.05) is 13.8 Å². The number of halogens is 3. The molecule has 126 valence electrons. The van der Waals surface area contributed by atoms with E-state index in [1.54, 1.807) is 6.92 Å². The molecule has 0 fully saturated rings. The minimum absolute atomic E-state index is 0. The quantitative estimate of drug-likeness (QED) is 0.804. The van der Waals surface area contributed by atoms with Gasteiger partial charge in [-0.05, 0) is 31.4 Å². The van der Waals surface area contributed by atoms with E-state index in [1.165, 1.54) is 6.07 Å². The highest BCUT2D eigenvalue weighted by Crippen LogP contribution is 2.17. The van der Waals surface area contributed by atoms with Gasteiger partial charge < -0.3 is 15.8 Å². The average Bonchev–Trinajstić information content (AvgIpc) is 2.41. The summed E-state index contributed by atoms with van der Waals surface area (Å²) in [4.78, 5) is 12.0. The van der Waals surface area contributed by atoms with Crippen LogP contribution in [0.15, 0.2) is 18.2 Å². The van der Waals surface area contributed by atoms with Crippen molar-refractivity contribution in [3.63, 3.8) is 0 Å². The third kappa shape index (κ3) is 6.58. The van der Waals surface area contributed by atoms with E-state index in [0.717, 1.165) is 18.6 Å². The summed E-state index contributed by atoms with van der Waals surface area (Å²) in [5.74, 6) is -1.80. The van der Waals surface area contributed by atoms with Crippen molar-refractivity contribution in [2.24, 2.45) is 11.7 Å². The predicted molar refractivity (Wildman–Crippen MR) is 84.1 cm³/mol. The Morgan fingerprint density at radius 3 is 2.41 bits per heavy atom. The van der Waals surface area contributed by atoms with Gasteiger partial charge in [-0.15, -0.1) is 12.4 Å².